The molecule has 12 heteroatoms. The zero-order valence-corrected chi connectivity index (χ0v) is 23.8. The first-order chi connectivity index (χ1) is 19.7. The second kappa shape index (κ2) is 11.0. The summed E-state index contributed by atoms with van der Waals surface area (Å²) >= 11 is 0. The van der Waals surface area contributed by atoms with Gasteiger partial charge in [-0.2, -0.15) is 5.10 Å². The Bertz CT molecular complexity index is 1530. The number of H-pyrrole nitrogens is 1. The fraction of sp³-hybridized carbons (Fsp3) is 0.448. The molecule has 2 aliphatic heterocycles. The van der Waals surface area contributed by atoms with Gasteiger partial charge in [-0.3, -0.25) is 14.8 Å². The average Bonchev–Trinajstić information content (AvgIpc) is 3.72. The Morgan fingerprint density at radius 2 is 2.07 bits per heavy atom. The molecule has 0 bridgehead atoms. The predicted molar refractivity (Wildman–Crippen MR) is 152 cm³/mol. The number of hydrogen-bond acceptors (Lipinski definition) is 10. The molecule has 6 rings (SSSR count). The fourth-order valence-corrected chi connectivity index (χ4v) is 5.29. The summed E-state index contributed by atoms with van der Waals surface area (Å²) in [6, 6.07) is 8.27. The van der Waals surface area contributed by atoms with E-state index in [4.69, 9.17) is 14.1 Å². The van der Waals surface area contributed by atoms with Crippen LogP contribution in [0, 0.1) is 6.92 Å². The van der Waals surface area contributed by atoms with Gasteiger partial charge in [0.15, 0.2) is 0 Å². The first-order valence-electron chi connectivity index (χ1n) is 13.9. The summed E-state index contributed by atoms with van der Waals surface area (Å²) in [5.74, 6) is 0.522. The number of nitrogens with one attached hydrogen (secondary N) is 3. The normalized spacial score (nSPS) is 19.5. The van der Waals surface area contributed by atoms with E-state index in [0.29, 0.717) is 31.0 Å². The van der Waals surface area contributed by atoms with Crippen molar-refractivity contribution < 1.29 is 13.9 Å². The number of nitrogens with zero attached hydrogens (tertiary/aromatic N) is 6. The maximum absolute atomic E-state index is 13.3. The maximum Gasteiger partial charge on any atom is 0.309 e. The number of benzene rings is 1. The van der Waals surface area contributed by atoms with Gasteiger partial charge < -0.3 is 19.8 Å². The third-order valence-electron chi connectivity index (χ3n) is 7.62. The Kier molecular flexibility index (Phi) is 7.26. The summed E-state index contributed by atoms with van der Waals surface area (Å²) < 4.78 is 11.4. The van der Waals surface area contributed by atoms with Crippen LogP contribution in [0.15, 0.2) is 41.1 Å². The highest BCUT2D eigenvalue weighted by atomic mass is 16.5. The van der Waals surface area contributed by atoms with E-state index in [1.807, 2.05) is 39.8 Å². The number of carbonyl (C=O) groups is 1. The molecule has 1 saturated heterocycles. The first-order valence-corrected chi connectivity index (χ1v) is 13.9. The van der Waals surface area contributed by atoms with Crippen molar-refractivity contribution in [1.82, 2.24) is 40.6 Å². The second-order valence-corrected chi connectivity index (χ2v) is 11.7. The predicted octanol–water partition coefficient (Wildman–Crippen LogP) is 3.72. The maximum atomic E-state index is 13.3. The molecule has 0 unspecified atom stereocenters. The number of ether oxygens (including phenoxy) is 1. The Balaban J connectivity index is 1.28. The molecule has 41 heavy (non-hydrogen) atoms. The van der Waals surface area contributed by atoms with Gasteiger partial charge in [-0.05, 0) is 43.0 Å². The van der Waals surface area contributed by atoms with Crippen LogP contribution in [0.2, 0.25) is 0 Å². The molecule has 5 heterocycles. The molecule has 0 aliphatic carbocycles. The molecule has 0 radical (unpaired) electrons. The summed E-state index contributed by atoms with van der Waals surface area (Å²) in [6.07, 6.45) is 5.27. The van der Waals surface area contributed by atoms with Crippen molar-refractivity contribution in [1.29, 1.82) is 0 Å². The van der Waals surface area contributed by atoms with Gasteiger partial charge in [-0.15, -0.1) is 10.2 Å². The minimum atomic E-state index is -0.376. The third-order valence-corrected chi connectivity index (χ3v) is 7.62. The molecule has 214 valence electrons. The van der Waals surface area contributed by atoms with Crippen LogP contribution in [0.5, 0.6) is 0 Å². The molecule has 0 spiro atoms. The molecule has 3 N–H and O–H groups in total. The van der Waals surface area contributed by atoms with E-state index in [1.165, 1.54) is 0 Å². The number of amides is 1. The minimum Gasteiger partial charge on any atom is -0.416 e. The van der Waals surface area contributed by atoms with Crippen molar-refractivity contribution in [3.8, 4) is 11.3 Å². The van der Waals surface area contributed by atoms with Crippen LogP contribution in [0.25, 0.3) is 11.3 Å². The van der Waals surface area contributed by atoms with Crippen LogP contribution in [0.4, 0.5) is 11.6 Å². The number of aromatic nitrogens is 6. The van der Waals surface area contributed by atoms with Crippen LogP contribution in [-0.4, -0.2) is 73.5 Å². The zero-order chi connectivity index (χ0) is 28.6. The van der Waals surface area contributed by atoms with E-state index in [1.54, 1.807) is 12.4 Å². The Morgan fingerprint density at radius 1 is 1.20 bits per heavy atom. The molecule has 3 aromatic heterocycles. The topological polar surface area (TPSA) is 147 Å². The van der Waals surface area contributed by atoms with Crippen LogP contribution < -0.4 is 10.6 Å². The summed E-state index contributed by atoms with van der Waals surface area (Å²) in [7, 11) is 0. The number of aryl methyl sites for hydroxylation is 1. The quantitative estimate of drug-likeness (QED) is 0.320. The van der Waals surface area contributed by atoms with Crippen molar-refractivity contribution >= 4 is 17.5 Å². The zero-order valence-electron chi connectivity index (χ0n) is 23.8. The molecule has 2 atom stereocenters. The molecule has 1 aromatic carbocycles. The number of rotatable bonds is 6. The SMILES string of the molecule is Cc1[nH]ncc1Nc1nccc(-c2ccc3c(c2)CCN([C@H]2CCOC2)C[C@@H]3NC(=O)c2nnc(C(C)(C)C)o2)n1. The van der Waals surface area contributed by atoms with E-state index in [-0.39, 0.29) is 23.3 Å². The summed E-state index contributed by atoms with van der Waals surface area (Å²) in [5, 5.41) is 21.5. The van der Waals surface area contributed by atoms with Gasteiger partial charge in [0.05, 0.1) is 35.9 Å². The summed E-state index contributed by atoms with van der Waals surface area (Å²) in [6.45, 7) is 10.8. The van der Waals surface area contributed by atoms with E-state index in [0.717, 1.165) is 59.8 Å². The highest BCUT2D eigenvalue weighted by Gasteiger charge is 2.32. The van der Waals surface area contributed by atoms with Crippen molar-refractivity contribution in [3.63, 3.8) is 0 Å². The van der Waals surface area contributed by atoms with Crippen LogP contribution >= 0.6 is 0 Å². The van der Waals surface area contributed by atoms with Gasteiger partial charge >= 0.3 is 11.8 Å². The number of carbonyl (C=O) groups excluding carboxylic acids is 1. The van der Waals surface area contributed by atoms with Crippen molar-refractivity contribution in [2.75, 3.05) is 31.6 Å². The minimum absolute atomic E-state index is 0.0260. The molecular formula is C29H35N9O3. The highest BCUT2D eigenvalue weighted by Crippen LogP contribution is 2.31. The molecule has 0 saturated carbocycles. The fourth-order valence-electron chi connectivity index (χ4n) is 5.29. The lowest BCUT2D eigenvalue weighted by Crippen LogP contribution is -2.42. The van der Waals surface area contributed by atoms with Gasteiger partial charge in [0, 0.05) is 42.9 Å². The Labute approximate surface area is 238 Å². The second-order valence-electron chi connectivity index (χ2n) is 11.7. The smallest absolute Gasteiger partial charge is 0.309 e. The van der Waals surface area contributed by atoms with Gasteiger partial charge in [0.25, 0.3) is 0 Å². The number of aromatic amines is 1. The molecule has 1 amide bonds. The summed E-state index contributed by atoms with van der Waals surface area (Å²) in [4.78, 5) is 24.9. The van der Waals surface area contributed by atoms with Crippen molar-refractivity contribution in [2.45, 2.75) is 58.0 Å². The van der Waals surface area contributed by atoms with E-state index >= 15 is 0 Å². The standard InChI is InChI=1S/C29H35N9O3/c1-17-23(14-31-35-17)34-28-30-10-7-22(33-28)19-5-6-21-18(13-19)8-11-38(20-9-12-40-16-20)15-24(21)32-25(39)26-36-37-27(41-26)29(2,3)4/h5-7,10,13-14,20,24H,8-9,11-12,15-16H2,1-4H3,(H,31,35)(H,32,39)(H,30,33,34)/t20-,24-/m0/s1. The van der Waals surface area contributed by atoms with Crippen molar-refractivity contribution in [2.24, 2.45) is 0 Å². The molecule has 12 nitrogen and oxygen atoms in total. The Morgan fingerprint density at radius 3 is 2.80 bits per heavy atom. The average molecular weight is 558 g/mol. The van der Waals surface area contributed by atoms with Crippen molar-refractivity contribution in [3.05, 3.63) is 65.3 Å². The van der Waals surface area contributed by atoms with Gasteiger partial charge in [0.1, 0.15) is 0 Å². The van der Waals surface area contributed by atoms with Gasteiger partial charge in [0.2, 0.25) is 11.8 Å². The van der Waals surface area contributed by atoms with Gasteiger partial charge in [-0.25, -0.2) is 9.97 Å². The van der Waals surface area contributed by atoms with Crippen LogP contribution in [-0.2, 0) is 16.6 Å². The molecular weight excluding hydrogens is 522 g/mol. The lowest BCUT2D eigenvalue weighted by molar-refractivity contribution is 0.0873. The number of fused-ring (bicyclic) bond motifs is 1. The van der Waals surface area contributed by atoms with Gasteiger partial charge in [-0.1, -0.05) is 32.9 Å². The first kappa shape index (κ1) is 27.0. The number of anilines is 2. The van der Waals surface area contributed by atoms with Crippen LogP contribution in [0.3, 0.4) is 0 Å². The number of hydrogen-bond donors (Lipinski definition) is 3. The lowest BCUT2D eigenvalue weighted by Gasteiger charge is -2.29. The Hall–Kier alpha value is -4.16. The lowest BCUT2D eigenvalue weighted by atomic mass is 9.96. The molecule has 2 aliphatic rings. The van der Waals surface area contributed by atoms with E-state index in [2.05, 4.69) is 53.0 Å². The molecule has 4 aromatic rings. The van der Waals surface area contributed by atoms with E-state index < -0.39 is 0 Å². The third kappa shape index (κ3) is 5.84. The largest absolute Gasteiger partial charge is 0.416 e. The summed E-state index contributed by atoms with van der Waals surface area (Å²) in [5.41, 5.74) is 5.41. The highest BCUT2D eigenvalue weighted by molar-refractivity contribution is 5.89. The monoisotopic (exact) mass is 557 g/mol. The molecule has 1 fully saturated rings. The van der Waals surface area contributed by atoms with Crippen LogP contribution in [0.1, 0.15) is 66.6 Å². The van der Waals surface area contributed by atoms with E-state index in [9.17, 15) is 4.79 Å².